The fraction of sp³-hybridized carbons (Fsp3) is 0. The molecule has 7 heteroatoms. The second kappa shape index (κ2) is 5.28. The molecule has 4 N–H and O–H groups in total. The highest BCUT2D eigenvalue weighted by atomic mass is 35.5. The number of fused-ring (bicyclic) bond motifs is 1. The number of aromatic nitrogens is 3. The second-order valence-electron chi connectivity index (χ2n) is 4.06. The Labute approximate surface area is 120 Å². The van der Waals surface area contributed by atoms with Crippen molar-refractivity contribution in [1.29, 1.82) is 0 Å². The monoisotopic (exact) mass is 286 g/mol. The summed E-state index contributed by atoms with van der Waals surface area (Å²) in [4.78, 5) is 12.2. The fourth-order valence-electron chi connectivity index (χ4n) is 1.88. The van der Waals surface area contributed by atoms with E-state index in [9.17, 15) is 0 Å². The van der Waals surface area contributed by atoms with Gasteiger partial charge in [0.05, 0.1) is 6.20 Å². The topological polar surface area (TPSA) is 88.8 Å². The second-order valence-corrected chi connectivity index (χ2v) is 4.47. The van der Waals surface area contributed by atoms with E-state index in [0.717, 1.165) is 16.5 Å². The van der Waals surface area contributed by atoms with Crippen LogP contribution in [-0.4, -0.2) is 15.0 Å². The zero-order valence-corrected chi connectivity index (χ0v) is 11.1. The zero-order valence-electron chi connectivity index (χ0n) is 10.3. The van der Waals surface area contributed by atoms with Crippen LogP contribution in [0.1, 0.15) is 0 Å². The number of rotatable bonds is 3. The third-order valence-electron chi connectivity index (χ3n) is 2.81. The smallest absolute Gasteiger partial charge is 0.239 e. The molecular weight excluding hydrogens is 276 g/mol. The quantitative estimate of drug-likeness (QED) is 0.507. The fourth-order valence-corrected chi connectivity index (χ4v) is 2.02. The Kier molecular flexibility index (Phi) is 3.32. The minimum Gasteiger partial charge on any atom is -0.338 e. The van der Waals surface area contributed by atoms with E-state index in [-0.39, 0.29) is 0 Å². The summed E-state index contributed by atoms with van der Waals surface area (Å²) >= 11 is 6.09. The Morgan fingerprint density at radius 3 is 2.90 bits per heavy atom. The molecule has 0 atom stereocenters. The van der Waals surface area contributed by atoms with E-state index in [1.165, 1.54) is 6.20 Å². The molecule has 0 spiro atoms. The maximum Gasteiger partial charge on any atom is 0.239 e. The maximum absolute atomic E-state index is 6.09. The predicted octanol–water partition coefficient (Wildman–Crippen LogP) is 2.71. The first-order valence-corrected chi connectivity index (χ1v) is 6.24. The first-order chi connectivity index (χ1) is 9.78. The molecule has 0 aliphatic rings. The standard InChI is InChI=1S/C13H11ClN6/c14-10-7-17-13(20-15)19-12(10)18-11-3-1-2-8-6-16-5-4-9(8)11/h1-7H,15H2,(H2,17,18,19,20). The minimum atomic E-state index is 0.291. The van der Waals surface area contributed by atoms with E-state index in [4.69, 9.17) is 17.4 Å². The van der Waals surface area contributed by atoms with Gasteiger partial charge in [0.1, 0.15) is 5.02 Å². The average Bonchev–Trinajstić information content (AvgIpc) is 2.50. The lowest BCUT2D eigenvalue weighted by atomic mass is 10.1. The first kappa shape index (κ1) is 12.6. The number of nitrogens with two attached hydrogens (primary N) is 1. The Hall–Kier alpha value is -2.44. The molecule has 3 aromatic rings. The van der Waals surface area contributed by atoms with Crippen LogP contribution in [0.5, 0.6) is 0 Å². The summed E-state index contributed by atoms with van der Waals surface area (Å²) in [6.07, 6.45) is 5.02. The number of hydrazine groups is 1. The van der Waals surface area contributed by atoms with Gasteiger partial charge in [0.25, 0.3) is 0 Å². The number of nitrogens with zero attached hydrogens (tertiary/aromatic N) is 3. The molecule has 100 valence electrons. The molecule has 2 aromatic heterocycles. The van der Waals surface area contributed by atoms with Crippen LogP contribution >= 0.6 is 11.6 Å². The molecule has 0 aliphatic carbocycles. The van der Waals surface area contributed by atoms with E-state index in [1.54, 1.807) is 12.4 Å². The lowest BCUT2D eigenvalue weighted by molar-refractivity contribution is 1.12. The highest BCUT2D eigenvalue weighted by molar-refractivity contribution is 6.33. The van der Waals surface area contributed by atoms with Crippen LogP contribution in [0, 0.1) is 0 Å². The zero-order chi connectivity index (χ0) is 13.9. The van der Waals surface area contributed by atoms with Crippen LogP contribution in [0.2, 0.25) is 5.02 Å². The molecule has 0 amide bonds. The largest absolute Gasteiger partial charge is 0.338 e. The summed E-state index contributed by atoms with van der Waals surface area (Å²) in [6, 6.07) is 7.79. The van der Waals surface area contributed by atoms with E-state index in [0.29, 0.717) is 16.8 Å². The van der Waals surface area contributed by atoms with Crippen molar-refractivity contribution in [2.75, 3.05) is 10.7 Å². The van der Waals surface area contributed by atoms with E-state index < -0.39 is 0 Å². The van der Waals surface area contributed by atoms with Crippen molar-refractivity contribution in [3.05, 3.63) is 47.9 Å². The number of nitrogens with one attached hydrogen (secondary N) is 2. The summed E-state index contributed by atoms with van der Waals surface area (Å²) in [5, 5.41) is 5.65. The van der Waals surface area contributed by atoms with Crippen LogP contribution in [0.3, 0.4) is 0 Å². The molecule has 0 aliphatic heterocycles. The lowest BCUT2D eigenvalue weighted by Crippen LogP contribution is -2.11. The lowest BCUT2D eigenvalue weighted by Gasteiger charge is -2.10. The van der Waals surface area contributed by atoms with Gasteiger partial charge >= 0.3 is 0 Å². The van der Waals surface area contributed by atoms with Gasteiger partial charge < -0.3 is 5.32 Å². The number of nitrogen functional groups attached to an aromatic ring is 1. The van der Waals surface area contributed by atoms with Crippen molar-refractivity contribution < 1.29 is 0 Å². The van der Waals surface area contributed by atoms with Crippen LogP contribution in [0.25, 0.3) is 10.8 Å². The SMILES string of the molecule is NNc1ncc(Cl)c(Nc2cccc3cnccc23)n1. The minimum absolute atomic E-state index is 0.291. The van der Waals surface area contributed by atoms with Gasteiger partial charge in [0.2, 0.25) is 5.95 Å². The summed E-state index contributed by atoms with van der Waals surface area (Å²) in [6.45, 7) is 0. The first-order valence-electron chi connectivity index (χ1n) is 5.87. The maximum atomic E-state index is 6.09. The Morgan fingerprint density at radius 1 is 1.15 bits per heavy atom. The predicted molar refractivity (Wildman–Crippen MR) is 79.9 cm³/mol. The number of anilines is 3. The van der Waals surface area contributed by atoms with Crippen molar-refractivity contribution in [1.82, 2.24) is 15.0 Å². The van der Waals surface area contributed by atoms with Crippen LogP contribution in [-0.2, 0) is 0 Å². The molecule has 1 aromatic carbocycles. The highest BCUT2D eigenvalue weighted by Crippen LogP contribution is 2.28. The third kappa shape index (κ3) is 2.34. The molecule has 0 bridgehead atoms. The van der Waals surface area contributed by atoms with Crippen molar-refractivity contribution in [3.8, 4) is 0 Å². The Bertz CT molecular complexity index is 755. The van der Waals surface area contributed by atoms with E-state index in [2.05, 4.69) is 25.7 Å². The van der Waals surface area contributed by atoms with Crippen LogP contribution in [0.4, 0.5) is 17.5 Å². The Morgan fingerprint density at radius 2 is 2.05 bits per heavy atom. The van der Waals surface area contributed by atoms with Gasteiger partial charge in [-0.15, -0.1) is 0 Å². The summed E-state index contributed by atoms with van der Waals surface area (Å²) in [5.74, 6) is 6.07. The van der Waals surface area contributed by atoms with Crippen LogP contribution in [0.15, 0.2) is 42.9 Å². The van der Waals surface area contributed by atoms with Crippen molar-refractivity contribution in [3.63, 3.8) is 0 Å². The van der Waals surface area contributed by atoms with Crippen molar-refractivity contribution in [2.45, 2.75) is 0 Å². The molecule has 3 rings (SSSR count). The van der Waals surface area contributed by atoms with Crippen molar-refractivity contribution in [2.24, 2.45) is 5.84 Å². The van der Waals surface area contributed by atoms with Gasteiger partial charge in [0, 0.05) is 28.9 Å². The molecular formula is C13H11ClN6. The molecule has 6 nitrogen and oxygen atoms in total. The molecule has 0 radical (unpaired) electrons. The van der Waals surface area contributed by atoms with Gasteiger partial charge in [-0.05, 0) is 12.1 Å². The molecule has 0 saturated carbocycles. The van der Waals surface area contributed by atoms with Gasteiger partial charge in [-0.2, -0.15) is 4.98 Å². The number of halogens is 1. The summed E-state index contributed by atoms with van der Waals surface area (Å²) in [5.41, 5.74) is 3.27. The molecule has 0 unspecified atom stereocenters. The number of pyridine rings is 1. The Balaban J connectivity index is 2.05. The van der Waals surface area contributed by atoms with Gasteiger partial charge in [-0.25, -0.2) is 10.8 Å². The summed E-state index contributed by atoms with van der Waals surface area (Å²) in [7, 11) is 0. The molecule has 0 fully saturated rings. The highest BCUT2D eigenvalue weighted by Gasteiger charge is 2.07. The molecule has 0 saturated heterocycles. The van der Waals surface area contributed by atoms with Gasteiger partial charge in [-0.1, -0.05) is 23.7 Å². The van der Waals surface area contributed by atoms with E-state index in [1.807, 2.05) is 24.3 Å². The normalized spacial score (nSPS) is 10.5. The molecule has 20 heavy (non-hydrogen) atoms. The number of benzene rings is 1. The third-order valence-corrected chi connectivity index (χ3v) is 3.08. The number of hydrogen-bond acceptors (Lipinski definition) is 6. The van der Waals surface area contributed by atoms with E-state index >= 15 is 0 Å². The average molecular weight is 287 g/mol. The number of hydrogen-bond donors (Lipinski definition) is 3. The summed E-state index contributed by atoms with van der Waals surface area (Å²) < 4.78 is 0. The molecule has 2 heterocycles. The van der Waals surface area contributed by atoms with Gasteiger partial charge in [-0.3, -0.25) is 10.4 Å². The van der Waals surface area contributed by atoms with Crippen LogP contribution < -0.4 is 16.6 Å². The van der Waals surface area contributed by atoms with Crippen molar-refractivity contribution >= 4 is 39.8 Å². The van der Waals surface area contributed by atoms with Gasteiger partial charge in [0.15, 0.2) is 5.82 Å².